The predicted octanol–water partition coefficient (Wildman–Crippen LogP) is 2.43. The molecule has 0 saturated carbocycles. The maximum atomic E-state index is 12.8. The van der Waals surface area contributed by atoms with Crippen molar-refractivity contribution in [3.63, 3.8) is 0 Å². The summed E-state index contributed by atoms with van der Waals surface area (Å²) >= 11 is 0. The van der Waals surface area contributed by atoms with Crippen molar-refractivity contribution >= 4 is 17.1 Å². The molecule has 2 aromatic rings. The number of rotatable bonds is 3. The van der Waals surface area contributed by atoms with Crippen LogP contribution in [-0.2, 0) is 0 Å². The van der Waals surface area contributed by atoms with Crippen LogP contribution < -0.4 is 11.0 Å². The van der Waals surface area contributed by atoms with E-state index >= 15 is 0 Å². The summed E-state index contributed by atoms with van der Waals surface area (Å²) in [5.74, 6) is 0.501. The number of amides is 1. The van der Waals surface area contributed by atoms with Gasteiger partial charge in [-0.1, -0.05) is 12.1 Å². The van der Waals surface area contributed by atoms with Gasteiger partial charge in [0, 0.05) is 18.6 Å². The second-order valence-electron chi connectivity index (χ2n) is 7.55. The van der Waals surface area contributed by atoms with Gasteiger partial charge in [-0.3, -0.25) is 4.57 Å². The molecule has 2 unspecified atom stereocenters. The van der Waals surface area contributed by atoms with Gasteiger partial charge in [-0.05, 0) is 64.3 Å². The fourth-order valence-corrected chi connectivity index (χ4v) is 4.59. The fraction of sp³-hybridized carbons (Fsp3) is 0.579. The van der Waals surface area contributed by atoms with Crippen LogP contribution in [0.3, 0.4) is 0 Å². The number of carbonyl (C=O) groups is 1. The molecule has 1 amide bonds. The van der Waals surface area contributed by atoms with Crippen LogP contribution in [0, 0.1) is 5.92 Å². The summed E-state index contributed by atoms with van der Waals surface area (Å²) in [5, 5.41) is 3.02. The molecule has 25 heavy (non-hydrogen) atoms. The van der Waals surface area contributed by atoms with Crippen LogP contribution in [0.5, 0.6) is 0 Å². The third-order valence-electron chi connectivity index (χ3n) is 5.76. The molecule has 0 aliphatic carbocycles. The van der Waals surface area contributed by atoms with Gasteiger partial charge in [0.05, 0.1) is 11.0 Å². The Kier molecular flexibility index (Phi) is 4.15. The van der Waals surface area contributed by atoms with Crippen molar-refractivity contribution in [2.75, 3.05) is 19.6 Å². The molecule has 2 fully saturated rings. The van der Waals surface area contributed by atoms with Crippen LogP contribution >= 0.6 is 0 Å². The van der Waals surface area contributed by atoms with Crippen molar-refractivity contribution in [2.24, 2.45) is 5.92 Å². The average Bonchev–Trinajstić information content (AvgIpc) is 3.25. The molecule has 134 valence electrons. The van der Waals surface area contributed by atoms with E-state index in [0.717, 1.165) is 18.5 Å². The van der Waals surface area contributed by atoms with E-state index in [2.05, 4.69) is 10.2 Å². The van der Waals surface area contributed by atoms with Gasteiger partial charge in [0.1, 0.15) is 0 Å². The summed E-state index contributed by atoms with van der Waals surface area (Å²) < 4.78 is 2.97. The molecule has 2 aliphatic heterocycles. The van der Waals surface area contributed by atoms with Crippen LogP contribution in [0.25, 0.3) is 11.0 Å². The number of aromatic nitrogens is 2. The Morgan fingerprint density at radius 2 is 1.96 bits per heavy atom. The molecule has 6 nitrogen and oxygen atoms in total. The zero-order valence-electron chi connectivity index (χ0n) is 14.9. The lowest BCUT2D eigenvalue weighted by atomic mass is 9.98. The first-order valence-corrected chi connectivity index (χ1v) is 9.32. The quantitative estimate of drug-likeness (QED) is 0.932. The molecule has 1 aromatic carbocycles. The minimum absolute atomic E-state index is 0.00771. The van der Waals surface area contributed by atoms with Gasteiger partial charge in [0.15, 0.2) is 0 Å². The van der Waals surface area contributed by atoms with E-state index < -0.39 is 0 Å². The van der Waals surface area contributed by atoms with E-state index in [1.54, 1.807) is 4.57 Å². The molecule has 2 atom stereocenters. The lowest BCUT2D eigenvalue weighted by Gasteiger charge is -2.20. The third-order valence-corrected chi connectivity index (χ3v) is 5.76. The number of benzene rings is 1. The number of nitrogens with zero attached hydrogens (tertiary/aromatic N) is 3. The Hall–Kier alpha value is -2.08. The number of hydrogen-bond donors (Lipinski definition) is 1. The molecule has 0 radical (unpaired) electrons. The van der Waals surface area contributed by atoms with Crippen LogP contribution in [0.2, 0.25) is 0 Å². The Labute approximate surface area is 147 Å². The zero-order valence-corrected chi connectivity index (χ0v) is 14.9. The van der Waals surface area contributed by atoms with Gasteiger partial charge in [0.25, 0.3) is 0 Å². The first-order valence-electron chi connectivity index (χ1n) is 9.32. The number of nitrogens with one attached hydrogen (secondary N) is 1. The van der Waals surface area contributed by atoms with E-state index in [1.807, 2.05) is 38.1 Å². The Balaban J connectivity index is 1.58. The van der Waals surface area contributed by atoms with Crippen molar-refractivity contribution in [1.82, 2.24) is 19.4 Å². The molecular formula is C19H26N4O2. The molecule has 0 spiro atoms. The average molecular weight is 342 g/mol. The standard InChI is InChI=1S/C19H26N4O2/c1-13(2)22-16-6-3-4-7-17(16)23(19(22)25)18(24)20-12-14-9-11-21-10-5-8-15(14)21/h3-4,6-7,13-15H,5,8-12H2,1-2H3,(H,20,24). The fourth-order valence-electron chi connectivity index (χ4n) is 4.59. The van der Waals surface area contributed by atoms with Crippen LogP contribution in [0.4, 0.5) is 4.79 Å². The summed E-state index contributed by atoms with van der Waals surface area (Å²) in [6.45, 7) is 6.90. The van der Waals surface area contributed by atoms with Gasteiger partial charge >= 0.3 is 11.7 Å². The van der Waals surface area contributed by atoms with Crippen molar-refractivity contribution in [1.29, 1.82) is 0 Å². The zero-order chi connectivity index (χ0) is 17.6. The Morgan fingerprint density at radius 3 is 2.72 bits per heavy atom. The number of carbonyl (C=O) groups excluding carboxylic acids is 1. The van der Waals surface area contributed by atoms with Gasteiger partial charge in [-0.15, -0.1) is 0 Å². The monoisotopic (exact) mass is 342 g/mol. The molecular weight excluding hydrogens is 316 g/mol. The van der Waals surface area contributed by atoms with E-state index in [9.17, 15) is 9.59 Å². The lowest BCUT2D eigenvalue weighted by molar-refractivity contribution is 0.236. The molecule has 2 saturated heterocycles. The second kappa shape index (κ2) is 6.33. The van der Waals surface area contributed by atoms with Crippen LogP contribution in [0.15, 0.2) is 29.1 Å². The second-order valence-corrected chi connectivity index (χ2v) is 7.55. The van der Waals surface area contributed by atoms with E-state index in [-0.39, 0.29) is 17.8 Å². The highest BCUT2D eigenvalue weighted by atomic mass is 16.2. The first kappa shape index (κ1) is 16.4. The number of hydrogen-bond acceptors (Lipinski definition) is 3. The third kappa shape index (κ3) is 2.68. The molecule has 1 N–H and O–H groups in total. The topological polar surface area (TPSA) is 59.3 Å². The minimum Gasteiger partial charge on any atom is -0.337 e. The van der Waals surface area contributed by atoms with Crippen LogP contribution in [-0.4, -0.2) is 45.7 Å². The largest absolute Gasteiger partial charge is 0.337 e. The number of imidazole rings is 1. The minimum atomic E-state index is -0.308. The summed E-state index contributed by atoms with van der Waals surface area (Å²) in [7, 11) is 0. The van der Waals surface area contributed by atoms with E-state index in [1.165, 1.54) is 24.0 Å². The maximum Gasteiger partial charge on any atom is 0.337 e. The normalized spacial score (nSPS) is 23.5. The molecule has 1 aromatic heterocycles. The summed E-state index contributed by atoms with van der Waals surface area (Å²) in [5.41, 5.74) is 1.22. The maximum absolute atomic E-state index is 12.8. The lowest BCUT2D eigenvalue weighted by Crippen LogP contribution is -2.41. The molecule has 4 rings (SSSR count). The molecule has 0 bridgehead atoms. The van der Waals surface area contributed by atoms with Gasteiger partial charge in [0.2, 0.25) is 0 Å². The summed E-state index contributed by atoms with van der Waals surface area (Å²) in [4.78, 5) is 28.1. The first-order chi connectivity index (χ1) is 12.1. The number of para-hydroxylation sites is 2. The number of fused-ring (bicyclic) bond motifs is 2. The SMILES string of the molecule is CC(C)n1c(=O)n(C(=O)NCC2CCN3CCCC23)c2ccccc21. The summed E-state index contributed by atoms with van der Waals surface area (Å²) in [6, 6.07) is 7.80. The molecule has 2 aliphatic rings. The van der Waals surface area contributed by atoms with Gasteiger partial charge < -0.3 is 10.2 Å². The Morgan fingerprint density at radius 1 is 1.20 bits per heavy atom. The highest BCUT2D eigenvalue weighted by molar-refractivity contribution is 5.89. The molecule has 6 heteroatoms. The van der Waals surface area contributed by atoms with Crippen LogP contribution in [0.1, 0.15) is 39.2 Å². The van der Waals surface area contributed by atoms with Crippen molar-refractivity contribution in [3.05, 3.63) is 34.7 Å². The van der Waals surface area contributed by atoms with Crippen molar-refractivity contribution in [3.8, 4) is 0 Å². The highest BCUT2D eigenvalue weighted by Crippen LogP contribution is 2.32. The summed E-state index contributed by atoms with van der Waals surface area (Å²) in [6.07, 6.45) is 3.62. The van der Waals surface area contributed by atoms with E-state index in [4.69, 9.17) is 0 Å². The van der Waals surface area contributed by atoms with E-state index in [0.29, 0.717) is 24.0 Å². The highest BCUT2D eigenvalue weighted by Gasteiger charge is 2.37. The van der Waals surface area contributed by atoms with Gasteiger partial charge in [-0.25, -0.2) is 14.2 Å². The Bertz CT molecular complexity index is 851. The smallest absolute Gasteiger partial charge is 0.337 e. The van der Waals surface area contributed by atoms with Crippen molar-refractivity contribution < 1.29 is 4.79 Å². The van der Waals surface area contributed by atoms with Gasteiger partial charge in [-0.2, -0.15) is 0 Å². The molecule has 3 heterocycles. The predicted molar refractivity (Wildman–Crippen MR) is 98.1 cm³/mol. The van der Waals surface area contributed by atoms with Crippen molar-refractivity contribution in [2.45, 2.75) is 45.2 Å².